The average molecular weight is 433 g/mol. The van der Waals surface area contributed by atoms with Gasteiger partial charge in [-0.05, 0) is 52.6 Å². The number of anilines is 4. The zero-order chi connectivity index (χ0) is 21.7. The van der Waals surface area contributed by atoms with Gasteiger partial charge in [-0.25, -0.2) is 0 Å². The zero-order valence-corrected chi connectivity index (χ0v) is 19.4. The minimum atomic E-state index is 0.226. The predicted octanol–water partition coefficient (Wildman–Crippen LogP) is 3.08. The molecule has 0 amide bonds. The molecule has 0 unspecified atom stereocenters. The summed E-state index contributed by atoms with van der Waals surface area (Å²) >= 11 is 6.17. The number of halogens is 1. The van der Waals surface area contributed by atoms with E-state index in [-0.39, 0.29) is 6.04 Å². The SMILES string of the molecule is Cc1ccc(Cl)cc1Nc1nc(NC(C)C)nc(N2CCN(CCN(C)C)CC2)n1. The van der Waals surface area contributed by atoms with Gasteiger partial charge in [0.05, 0.1) is 0 Å². The maximum absolute atomic E-state index is 6.17. The summed E-state index contributed by atoms with van der Waals surface area (Å²) in [4.78, 5) is 20.9. The number of nitrogens with one attached hydrogen (secondary N) is 2. The van der Waals surface area contributed by atoms with Crippen LogP contribution in [0, 0.1) is 6.92 Å². The number of piperazine rings is 1. The smallest absolute Gasteiger partial charge is 0.233 e. The number of rotatable bonds is 8. The maximum Gasteiger partial charge on any atom is 0.233 e. The highest BCUT2D eigenvalue weighted by molar-refractivity contribution is 6.30. The van der Waals surface area contributed by atoms with E-state index < -0.39 is 0 Å². The molecule has 30 heavy (non-hydrogen) atoms. The third-order valence-electron chi connectivity index (χ3n) is 5.01. The van der Waals surface area contributed by atoms with Crippen molar-refractivity contribution in [3.05, 3.63) is 28.8 Å². The van der Waals surface area contributed by atoms with Gasteiger partial charge in [-0.15, -0.1) is 0 Å². The number of benzene rings is 1. The van der Waals surface area contributed by atoms with Crippen LogP contribution < -0.4 is 15.5 Å². The van der Waals surface area contributed by atoms with Gasteiger partial charge in [0.2, 0.25) is 17.8 Å². The summed E-state index contributed by atoms with van der Waals surface area (Å²) in [6.45, 7) is 12.1. The van der Waals surface area contributed by atoms with Gasteiger partial charge in [-0.3, -0.25) is 4.90 Å². The molecule has 2 N–H and O–H groups in total. The number of hydrogen-bond donors (Lipinski definition) is 2. The Bertz CT molecular complexity index is 834. The third kappa shape index (κ3) is 6.42. The van der Waals surface area contributed by atoms with Gasteiger partial charge in [-0.1, -0.05) is 17.7 Å². The first-order chi connectivity index (χ1) is 14.3. The number of aryl methyl sites for hydroxylation is 1. The summed E-state index contributed by atoms with van der Waals surface area (Å²) < 4.78 is 0. The topological polar surface area (TPSA) is 72.5 Å². The minimum absolute atomic E-state index is 0.226. The summed E-state index contributed by atoms with van der Waals surface area (Å²) in [6, 6.07) is 5.97. The Morgan fingerprint density at radius 3 is 2.43 bits per heavy atom. The number of likely N-dealkylation sites (N-methyl/N-ethyl adjacent to an activating group) is 1. The lowest BCUT2D eigenvalue weighted by molar-refractivity contribution is 0.228. The Morgan fingerprint density at radius 2 is 1.77 bits per heavy atom. The fraction of sp³-hybridized carbons (Fsp3) is 0.571. The molecule has 0 atom stereocenters. The molecule has 1 aromatic carbocycles. The summed E-state index contributed by atoms with van der Waals surface area (Å²) in [5.41, 5.74) is 1.97. The largest absolute Gasteiger partial charge is 0.352 e. The van der Waals surface area contributed by atoms with E-state index in [9.17, 15) is 0 Å². The van der Waals surface area contributed by atoms with Gasteiger partial charge < -0.3 is 20.4 Å². The van der Waals surface area contributed by atoms with E-state index in [0.29, 0.717) is 22.9 Å². The van der Waals surface area contributed by atoms with E-state index in [0.717, 1.165) is 50.5 Å². The van der Waals surface area contributed by atoms with Crippen LogP contribution in [0.25, 0.3) is 0 Å². The Labute approximate surface area is 184 Å². The summed E-state index contributed by atoms with van der Waals surface area (Å²) in [5.74, 6) is 1.79. The first kappa shape index (κ1) is 22.5. The molecule has 1 aliphatic heterocycles. The number of aromatic nitrogens is 3. The lowest BCUT2D eigenvalue weighted by atomic mass is 10.2. The molecule has 1 saturated heterocycles. The van der Waals surface area contributed by atoms with E-state index in [1.165, 1.54) is 0 Å². The Kier molecular flexibility index (Phi) is 7.69. The first-order valence-electron chi connectivity index (χ1n) is 10.5. The van der Waals surface area contributed by atoms with Crippen molar-refractivity contribution in [1.29, 1.82) is 0 Å². The van der Waals surface area contributed by atoms with Gasteiger partial charge >= 0.3 is 0 Å². The molecule has 0 bridgehead atoms. The Hall–Kier alpha value is -2.16. The summed E-state index contributed by atoms with van der Waals surface area (Å²) in [5, 5.41) is 7.30. The van der Waals surface area contributed by atoms with Crippen molar-refractivity contribution in [2.75, 3.05) is 68.9 Å². The van der Waals surface area contributed by atoms with Crippen molar-refractivity contribution in [3.8, 4) is 0 Å². The molecule has 164 valence electrons. The van der Waals surface area contributed by atoms with Crippen LogP contribution in [0.2, 0.25) is 5.02 Å². The average Bonchev–Trinajstić information content (AvgIpc) is 2.69. The van der Waals surface area contributed by atoms with Gasteiger partial charge in [-0.2, -0.15) is 15.0 Å². The molecule has 1 aliphatic rings. The van der Waals surface area contributed by atoms with Crippen LogP contribution >= 0.6 is 11.6 Å². The van der Waals surface area contributed by atoms with Crippen LogP contribution in [0.5, 0.6) is 0 Å². The standard InChI is InChI=1S/C21H33ClN8/c1-15(2)23-19-25-20(24-18-14-17(22)7-6-16(18)3)27-21(26-19)30-12-10-29(11-13-30)9-8-28(4)5/h6-7,14-15H,8-13H2,1-5H3,(H2,23,24,25,26,27). The molecule has 2 heterocycles. The third-order valence-corrected chi connectivity index (χ3v) is 5.24. The Morgan fingerprint density at radius 1 is 1.07 bits per heavy atom. The molecule has 0 saturated carbocycles. The van der Waals surface area contributed by atoms with Crippen LogP contribution in [0.15, 0.2) is 18.2 Å². The van der Waals surface area contributed by atoms with Gasteiger partial charge in [0.25, 0.3) is 0 Å². The van der Waals surface area contributed by atoms with E-state index in [2.05, 4.69) is 63.2 Å². The van der Waals surface area contributed by atoms with E-state index in [1.807, 2.05) is 25.1 Å². The molecule has 3 rings (SSSR count). The van der Waals surface area contributed by atoms with Crippen LogP contribution in [-0.2, 0) is 0 Å². The quantitative estimate of drug-likeness (QED) is 0.659. The molecule has 1 fully saturated rings. The van der Waals surface area contributed by atoms with Gasteiger partial charge in [0.15, 0.2) is 0 Å². The van der Waals surface area contributed by atoms with E-state index in [4.69, 9.17) is 16.6 Å². The maximum atomic E-state index is 6.17. The zero-order valence-electron chi connectivity index (χ0n) is 18.6. The molecule has 1 aromatic heterocycles. The minimum Gasteiger partial charge on any atom is -0.352 e. The fourth-order valence-electron chi connectivity index (χ4n) is 3.25. The Balaban J connectivity index is 1.77. The monoisotopic (exact) mass is 432 g/mol. The first-order valence-corrected chi connectivity index (χ1v) is 10.9. The normalized spacial score (nSPS) is 15.1. The molecule has 0 spiro atoms. The molecule has 0 aliphatic carbocycles. The van der Waals surface area contributed by atoms with Crippen molar-refractivity contribution >= 4 is 35.1 Å². The highest BCUT2D eigenvalue weighted by atomic mass is 35.5. The molecule has 8 nitrogen and oxygen atoms in total. The summed E-state index contributed by atoms with van der Waals surface area (Å²) in [6.07, 6.45) is 0. The highest BCUT2D eigenvalue weighted by Gasteiger charge is 2.21. The molecule has 2 aromatic rings. The van der Waals surface area contributed by atoms with E-state index in [1.54, 1.807) is 0 Å². The van der Waals surface area contributed by atoms with Crippen LogP contribution in [0.1, 0.15) is 19.4 Å². The van der Waals surface area contributed by atoms with Crippen molar-refractivity contribution in [1.82, 2.24) is 24.8 Å². The van der Waals surface area contributed by atoms with Gasteiger partial charge in [0.1, 0.15) is 0 Å². The van der Waals surface area contributed by atoms with Crippen molar-refractivity contribution in [2.24, 2.45) is 0 Å². The predicted molar refractivity (Wildman–Crippen MR) is 125 cm³/mol. The van der Waals surface area contributed by atoms with Gasteiger partial charge in [0, 0.05) is 56.0 Å². The second kappa shape index (κ2) is 10.2. The number of nitrogens with zero attached hydrogens (tertiary/aromatic N) is 6. The fourth-order valence-corrected chi connectivity index (χ4v) is 3.42. The van der Waals surface area contributed by atoms with Crippen LogP contribution in [0.3, 0.4) is 0 Å². The highest BCUT2D eigenvalue weighted by Crippen LogP contribution is 2.24. The second-order valence-corrected chi connectivity index (χ2v) is 8.73. The molecule has 9 heteroatoms. The van der Waals surface area contributed by atoms with Crippen molar-refractivity contribution in [3.63, 3.8) is 0 Å². The van der Waals surface area contributed by atoms with Crippen molar-refractivity contribution < 1.29 is 0 Å². The second-order valence-electron chi connectivity index (χ2n) is 8.30. The molecular weight excluding hydrogens is 400 g/mol. The lowest BCUT2D eigenvalue weighted by Crippen LogP contribution is -2.48. The molecule has 0 radical (unpaired) electrons. The summed E-state index contributed by atoms with van der Waals surface area (Å²) in [7, 11) is 4.22. The molecular formula is C21H33ClN8. The van der Waals surface area contributed by atoms with E-state index >= 15 is 0 Å². The van der Waals surface area contributed by atoms with Crippen molar-refractivity contribution in [2.45, 2.75) is 26.8 Å². The number of hydrogen-bond acceptors (Lipinski definition) is 8. The van der Waals surface area contributed by atoms with Crippen LogP contribution in [-0.4, -0.2) is 84.2 Å². The van der Waals surface area contributed by atoms with Crippen LogP contribution in [0.4, 0.5) is 23.5 Å². The lowest BCUT2D eigenvalue weighted by Gasteiger charge is -2.35.